The number of aromatic nitrogens is 4. The predicted octanol–water partition coefficient (Wildman–Crippen LogP) is 14.1. The maximum Gasteiger partial charge on any atom is 0.166 e. The molecule has 11 rings (SSSR count). The zero-order valence-electron chi connectivity index (χ0n) is 32.1. The Morgan fingerprint density at radius 1 is 0.254 bits per heavy atom. The lowest BCUT2D eigenvalue weighted by atomic mass is 9.94. The third kappa shape index (κ3) is 6.15. The van der Waals surface area contributed by atoms with Gasteiger partial charge in [0.15, 0.2) is 17.5 Å². The van der Waals surface area contributed by atoms with Crippen LogP contribution >= 0.6 is 0 Å². The van der Waals surface area contributed by atoms with E-state index in [9.17, 15) is 0 Å². The first-order chi connectivity index (χ1) is 29.3. The van der Waals surface area contributed by atoms with E-state index in [0.29, 0.717) is 17.5 Å². The number of benzene rings is 9. The minimum atomic E-state index is 0.600. The van der Waals surface area contributed by atoms with Gasteiger partial charge in [0.1, 0.15) is 0 Å². The van der Waals surface area contributed by atoms with Gasteiger partial charge in [-0.2, -0.15) is 0 Å². The average Bonchev–Trinajstić information content (AvgIpc) is 3.66. The van der Waals surface area contributed by atoms with Crippen molar-refractivity contribution >= 4 is 32.6 Å². The second-order valence-corrected chi connectivity index (χ2v) is 14.8. The number of nitrogens with zero attached hydrogens (tertiary/aromatic N) is 4. The van der Waals surface area contributed by atoms with Crippen LogP contribution in [0.3, 0.4) is 0 Å². The Labute approximate surface area is 342 Å². The molecule has 0 aliphatic heterocycles. The van der Waals surface area contributed by atoms with Crippen molar-refractivity contribution in [3.63, 3.8) is 0 Å². The van der Waals surface area contributed by atoms with Gasteiger partial charge in [-0.1, -0.05) is 182 Å². The first-order valence-electron chi connectivity index (χ1n) is 19.9. The van der Waals surface area contributed by atoms with Gasteiger partial charge in [0.25, 0.3) is 0 Å². The molecule has 0 fully saturated rings. The summed E-state index contributed by atoms with van der Waals surface area (Å²) in [6.07, 6.45) is 0. The Morgan fingerprint density at radius 2 is 0.678 bits per heavy atom. The minimum Gasteiger partial charge on any atom is -0.308 e. The molecular formula is C55H36N4. The Kier molecular flexibility index (Phi) is 8.45. The molecule has 2 aromatic heterocycles. The fourth-order valence-corrected chi connectivity index (χ4v) is 8.48. The normalized spacial score (nSPS) is 11.4. The lowest BCUT2D eigenvalue weighted by Crippen LogP contribution is -2.04. The average molecular weight is 753 g/mol. The molecule has 0 bridgehead atoms. The quantitative estimate of drug-likeness (QED) is 0.163. The highest BCUT2D eigenvalue weighted by Gasteiger charge is 2.21. The van der Waals surface area contributed by atoms with E-state index in [-0.39, 0.29) is 0 Å². The lowest BCUT2D eigenvalue weighted by molar-refractivity contribution is 1.07. The second-order valence-electron chi connectivity index (χ2n) is 14.8. The molecular weight excluding hydrogens is 717 g/mol. The first kappa shape index (κ1) is 34.3. The van der Waals surface area contributed by atoms with E-state index in [4.69, 9.17) is 15.0 Å². The summed E-state index contributed by atoms with van der Waals surface area (Å²) in [7, 11) is 0. The van der Waals surface area contributed by atoms with E-state index < -0.39 is 0 Å². The van der Waals surface area contributed by atoms with Gasteiger partial charge >= 0.3 is 0 Å². The van der Waals surface area contributed by atoms with Crippen LogP contribution in [0, 0.1) is 0 Å². The first-order valence-corrected chi connectivity index (χ1v) is 19.9. The SMILES string of the molecule is c1ccc(-c2cccc(-c3nc(-c4ccc(-c5ccccc5)cc4-n4c5ccccc5c5ccccc54)nc(-c4ccc(-c5ccccc5)c5ccccc45)n3)c2)cc1. The van der Waals surface area contributed by atoms with Gasteiger partial charge in [-0.05, 0) is 80.6 Å². The summed E-state index contributed by atoms with van der Waals surface area (Å²) in [5.74, 6) is 1.83. The molecule has 59 heavy (non-hydrogen) atoms. The summed E-state index contributed by atoms with van der Waals surface area (Å²) in [5.41, 5.74) is 12.8. The molecule has 0 unspecified atom stereocenters. The van der Waals surface area contributed by atoms with Crippen molar-refractivity contribution in [3.8, 4) is 73.2 Å². The minimum absolute atomic E-state index is 0.600. The molecule has 0 amide bonds. The van der Waals surface area contributed by atoms with Gasteiger partial charge in [0.05, 0.1) is 16.7 Å². The van der Waals surface area contributed by atoms with E-state index in [2.05, 4.69) is 217 Å². The molecule has 276 valence electrons. The van der Waals surface area contributed by atoms with Crippen LogP contribution in [0.25, 0.3) is 106 Å². The number of para-hydroxylation sites is 2. The van der Waals surface area contributed by atoms with E-state index in [1.807, 2.05) is 6.07 Å². The molecule has 11 aromatic rings. The topological polar surface area (TPSA) is 43.6 Å². The molecule has 0 aliphatic carbocycles. The molecule has 0 N–H and O–H groups in total. The van der Waals surface area contributed by atoms with E-state index in [0.717, 1.165) is 66.4 Å². The van der Waals surface area contributed by atoms with Crippen LogP contribution in [0.4, 0.5) is 0 Å². The fraction of sp³-hybridized carbons (Fsp3) is 0. The van der Waals surface area contributed by atoms with E-state index in [1.165, 1.54) is 21.9 Å². The molecule has 0 saturated heterocycles. The van der Waals surface area contributed by atoms with Crippen LogP contribution in [0.15, 0.2) is 218 Å². The highest BCUT2D eigenvalue weighted by molar-refractivity contribution is 6.10. The molecule has 2 heterocycles. The number of fused-ring (bicyclic) bond motifs is 4. The Bertz CT molecular complexity index is 3260. The molecule has 0 atom stereocenters. The maximum atomic E-state index is 5.43. The Hall–Kier alpha value is -7.95. The van der Waals surface area contributed by atoms with E-state index in [1.54, 1.807) is 0 Å². The van der Waals surface area contributed by atoms with Gasteiger partial charge in [-0.25, -0.2) is 15.0 Å². The summed E-state index contributed by atoms with van der Waals surface area (Å²) < 4.78 is 2.37. The van der Waals surface area contributed by atoms with Crippen LogP contribution in [0.5, 0.6) is 0 Å². The highest BCUT2D eigenvalue weighted by Crippen LogP contribution is 2.40. The summed E-state index contributed by atoms with van der Waals surface area (Å²) in [4.78, 5) is 16.1. The van der Waals surface area contributed by atoms with Crippen molar-refractivity contribution in [1.29, 1.82) is 0 Å². The smallest absolute Gasteiger partial charge is 0.166 e. The summed E-state index contributed by atoms with van der Waals surface area (Å²) in [6, 6.07) is 76.9. The number of hydrogen-bond acceptors (Lipinski definition) is 3. The van der Waals surface area contributed by atoms with Crippen molar-refractivity contribution in [2.45, 2.75) is 0 Å². The molecule has 0 radical (unpaired) electrons. The Balaban J connectivity index is 1.20. The molecule has 4 heteroatoms. The van der Waals surface area contributed by atoms with Crippen LogP contribution in [-0.4, -0.2) is 19.5 Å². The summed E-state index contributed by atoms with van der Waals surface area (Å²) >= 11 is 0. The van der Waals surface area contributed by atoms with Crippen LogP contribution < -0.4 is 0 Å². The van der Waals surface area contributed by atoms with Gasteiger partial charge in [0.2, 0.25) is 0 Å². The van der Waals surface area contributed by atoms with Crippen molar-refractivity contribution in [1.82, 2.24) is 19.5 Å². The predicted molar refractivity (Wildman–Crippen MR) is 244 cm³/mol. The van der Waals surface area contributed by atoms with Gasteiger partial charge in [-0.3, -0.25) is 0 Å². The number of hydrogen-bond donors (Lipinski definition) is 0. The maximum absolute atomic E-state index is 5.43. The Morgan fingerprint density at radius 3 is 1.31 bits per heavy atom. The summed E-state index contributed by atoms with van der Waals surface area (Å²) in [5, 5.41) is 4.61. The molecule has 9 aromatic carbocycles. The van der Waals surface area contributed by atoms with Crippen molar-refractivity contribution in [2.24, 2.45) is 0 Å². The zero-order valence-corrected chi connectivity index (χ0v) is 32.1. The van der Waals surface area contributed by atoms with Crippen molar-refractivity contribution in [3.05, 3.63) is 218 Å². The monoisotopic (exact) mass is 752 g/mol. The second kappa shape index (κ2) is 14.5. The molecule has 0 saturated carbocycles. The highest BCUT2D eigenvalue weighted by atomic mass is 15.1. The molecule has 0 aliphatic rings. The number of rotatable bonds is 7. The van der Waals surface area contributed by atoms with Gasteiger partial charge in [0, 0.05) is 27.5 Å². The molecule has 4 nitrogen and oxygen atoms in total. The fourth-order valence-electron chi connectivity index (χ4n) is 8.48. The van der Waals surface area contributed by atoms with Gasteiger partial charge < -0.3 is 4.57 Å². The summed E-state index contributed by atoms with van der Waals surface area (Å²) in [6.45, 7) is 0. The third-order valence-electron chi connectivity index (χ3n) is 11.3. The standard InChI is InChI=1S/C55H36N4/c1-4-17-37(18-5-1)40-23-16-24-42(35-40)53-56-54(48-34-33-43(39-21-8-3-9-22-39)44-25-10-11-26-45(44)48)58-55(57-53)49-32-31-41(38-19-6-2-7-20-38)36-52(49)59-50-29-14-12-27-46(50)47-28-13-15-30-51(47)59/h1-36H. The zero-order chi connectivity index (χ0) is 39.1. The molecule has 0 spiro atoms. The largest absolute Gasteiger partial charge is 0.308 e. The van der Waals surface area contributed by atoms with Crippen molar-refractivity contribution in [2.75, 3.05) is 0 Å². The van der Waals surface area contributed by atoms with Crippen LogP contribution in [0.2, 0.25) is 0 Å². The lowest BCUT2D eigenvalue weighted by Gasteiger charge is -2.17. The van der Waals surface area contributed by atoms with E-state index >= 15 is 0 Å². The van der Waals surface area contributed by atoms with Crippen LogP contribution in [0.1, 0.15) is 0 Å². The van der Waals surface area contributed by atoms with Gasteiger partial charge in [-0.15, -0.1) is 0 Å². The van der Waals surface area contributed by atoms with Crippen molar-refractivity contribution < 1.29 is 0 Å². The van der Waals surface area contributed by atoms with Crippen LogP contribution in [-0.2, 0) is 0 Å². The third-order valence-corrected chi connectivity index (χ3v) is 11.3.